The van der Waals surface area contributed by atoms with Gasteiger partial charge in [-0.25, -0.2) is 4.98 Å². The number of nitrogens with one attached hydrogen (secondary N) is 1. The van der Waals surface area contributed by atoms with Crippen molar-refractivity contribution in [2.24, 2.45) is 11.8 Å². The molecule has 2 amide bonds. The molecule has 7 heteroatoms. The van der Waals surface area contributed by atoms with E-state index in [1.165, 1.54) is 50.4 Å². The molecule has 2 saturated heterocycles. The molecule has 0 bridgehead atoms. The molecule has 0 radical (unpaired) electrons. The Balaban J connectivity index is 1.28. The first-order valence-electron chi connectivity index (χ1n) is 14.5. The highest BCUT2D eigenvalue weighted by Gasteiger charge is 2.37. The molecule has 1 aromatic heterocycles. The van der Waals surface area contributed by atoms with Crippen molar-refractivity contribution in [3.8, 4) is 0 Å². The molecular weight excluding hydrogens is 474 g/mol. The number of carbonyl (C=O) groups excluding carboxylic acids is 2. The second-order valence-corrected chi connectivity index (χ2v) is 11.9. The van der Waals surface area contributed by atoms with Crippen LogP contribution in [0.25, 0.3) is 0 Å². The Morgan fingerprint density at radius 2 is 1.84 bits per heavy atom. The summed E-state index contributed by atoms with van der Waals surface area (Å²) in [5.41, 5.74) is 9.79. The Hall–Kier alpha value is -2.93. The number of pyridine rings is 1. The van der Waals surface area contributed by atoms with Crippen molar-refractivity contribution >= 4 is 23.3 Å². The first-order valence-corrected chi connectivity index (χ1v) is 14.5. The third-order valence-corrected chi connectivity index (χ3v) is 9.30. The molecule has 3 fully saturated rings. The molecule has 7 nitrogen and oxygen atoms in total. The largest absolute Gasteiger partial charge is 0.383 e. The van der Waals surface area contributed by atoms with Crippen LogP contribution in [-0.4, -0.2) is 52.8 Å². The zero-order valence-corrected chi connectivity index (χ0v) is 23.2. The number of anilines is 2. The number of nitrogens with two attached hydrogens (primary N) is 1. The molecule has 0 spiro atoms. The second kappa shape index (κ2) is 11.4. The van der Waals surface area contributed by atoms with E-state index in [1.807, 2.05) is 6.92 Å². The lowest BCUT2D eigenvalue weighted by molar-refractivity contribution is -0.146. The van der Waals surface area contributed by atoms with E-state index in [0.29, 0.717) is 36.3 Å². The smallest absolute Gasteiger partial charge is 0.313 e. The van der Waals surface area contributed by atoms with Crippen LogP contribution < -0.4 is 11.1 Å². The Morgan fingerprint density at radius 3 is 2.61 bits per heavy atom. The normalized spacial score (nSPS) is 28.0. The highest BCUT2D eigenvalue weighted by atomic mass is 16.2. The SMILES string of the molecule is CCc1cc(NC(=O)C(=O)N2C[C@@H](C)CC[C@@H]2c2ccc(C3CC[C@H]4[C@H](CCCN4C)C3)cc2)cnc1N. The Morgan fingerprint density at radius 1 is 1.08 bits per heavy atom. The van der Waals surface area contributed by atoms with Crippen molar-refractivity contribution in [2.75, 3.05) is 31.2 Å². The number of amides is 2. The summed E-state index contributed by atoms with van der Waals surface area (Å²) in [7, 11) is 2.29. The van der Waals surface area contributed by atoms with Crippen LogP contribution in [0.15, 0.2) is 36.5 Å². The number of aromatic nitrogens is 1. The predicted octanol–water partition coefficient (Wildman–Crippen LogP) is 5.14. The molecule has 3 N–H and O–H groups in total. The van der Waals surface area contributed by atoms with Gasteiger partial charge in [-0.1, -0.05) is 38.1 Å². The summed E-state index contributed by atoms with van der Waals surface area (Å²) in [6.07, 6.45) is 10.6. The summed E-state index contributed by atoms with van der Waals surface area (Å²) >= 11 is 0. The third-order valence-electron chi connectivity index (χ3n) is 9.30. The molecular formula is C31H43N5O2. The first kappa shape index (κ1) is 26.7. The van der Waals surface area contributed by atoms with Crippen LogP contribution >= 0.6 is 0 Å². The Kier molecular flexibility index (Phi) is 8.03. The van der Waals surface area contributed by atoms with Crippen LogP contribution in [-0.2, 0) is 16.0 Å². The van der Waals surface area contributed by atoms with Crippen molar-refractivity contribution in [1.82, 2.24) is 14.8 Å². The van der Waals surface area contributed by atoms with Gasteiger partial charge >= 0.3 is 11.8 Å². The summed E-state index contributed by atoms with van der Waals surface area (Å²) in [6, 6.07) is 11.4. The molecule has 1 aliphatic carbocycles. The zero-order valence-electron chi connectivity index (χ0n) is 23.2. The fraction of sp³-hybridized carbons (Fsp3) is 0.581. The summed E-state index contributed by atoms with van der Waals surface area (Å²) in [6.45, 7) is 5.95. The number of carbonyl (C=O) groups is 2. The van der Waals surface area contributed by atoms with Crippen LogP contribution in [0, 0.1) is 11.8 Å². The highest BCUT2D eigenvalue weighted by Crippen LogP contribution is 2.42. The van der Waals surface area contributed by atoms with E-state index >= 15 is 0 Å². The van der Waals surface area contributed by atoms with Crippen LogP contribution in [0.4, 0.5) is 11.5 Å². The van der Waals surface area contributed by atoms with E-state index in [-0.39, 0.29) is 6.04 Å². The van der Waals surface area contributed by atoms with Crippen molar-refractivity contribution in [3.05, 3.63) is 53.2 Å². The Bertz CT molecular complexity index is 1150. The molecule has 2 aliphatic heterocycles. The van der Waals surface area contributed by atoms with E-state index < -0.39 is 11.8 Å². The minimum Gasteiger partial charge on any atom is -0.383 e. The lowest BCUT2D eigenvalue weighted by Crippen LogP contribution is -2.46. The quantitative estimate of drug-likeness (QED) is 0.548. The number of rotatable bonds is 4. The number of piperidine rings is 2. The maximum Gasteiger partial charge on any atom is 0.313 e. The van der Waals surface area contributed by atoms with Crippen molar-refractivity contribution in [3.63, 3.8) is 0 Å². The van der Waals surface area contributed by atoms with Crippen LogP contribution in [0.5, 0.6) is 0 Å². The molecule has 3 heterocycles. The van der Waals surface area contributed by atoms with E-state index in [1.54, 1.807) is 11.0 Å². The number of aryl methyl sites for hydroxylation is 1. The number of fused-ring (bicyclic) bond motifs is 1. The lowest BCUT2D eigenvalue weighted by atomic mass is 9.71. The number of hydrogen-bond donors (Lipinski definition) is 2. The average molecular weight is 518 g/mol. The van der Waals surface area contributed by atoms with Gasteiger partial charge in [-0.05, 0) is 105 Å². The molecule has 5 atom stereocenters. The predicted molar refractivity (Wildman–Crippen MR) is 152 cm³/mol. The number of benzene rings is 1. The van der Waals surface area contributed by atoms with Crippen LogP contribution in [0.2, 0.25) is 0 Å². The van der Waals surface area contributed by atoms with Crippen LogP contribution in [0.3, 0.4) is 0 Å². The number of hydrogen-bond acceptors (Lipinski definition) is 5. The van der Waals surface area contributed by atoms with Gasteiger partial charge in [0, 0.05) is 12.6 Å². The monoisotopic (exact) mass is 517 g/mol. The van der Waals surface area contributed by atoms with Crippen molar-refractivity contribution in [1.29, 1.82) is 0 Å². The van der Waals surface area contributed by atoms with Gasteiger partial charge in [0.2, 0.25) is 0 Å². The van der Waals surface area contributed by atoms with Gasteiger partial charge in [-0.15, -0.1) is 0 Å². The Labute approximate surface area is 227 Å². The van der Waals surface area contributed by atoms with Crippen molar-refractivity contribution in [2.45, 2.75) is 83.2 Å². The van der Waals surface area contributed by atoms with E-state index in [2.05, 4.69) is 53.4 Å². The van der Waals surface area contributed by atoms with E-state index in [9.17, 15) is 9.59 Å². The summed E-state index contributed by atoms with van der Waals surface area (Å²) in [4.78, 5) is 34.9. The fourth-order valence-corrected chi connectivity index (χ4v) is 7.11. The number of nitrogens with zero attached hydrogens (tertiary/aromatic N) is 3. The maximum atomic E-state index is 13.4. The molecule has 2 aromatic rings. The summed E-state index contributed by atoms with van der Waals surface area (Å²) in [5, 5.41) is 2.75. The molecule has 3 aliphatic rings. The summed E-state index contributed by atoms with van der Waals surface area (Å²) in [5.74, 6) is 1.13. The van der Waals surface area contributed by atoms with Gasteiger partial charge in [0.05, 0.1) is 17.9 Å². The van der Waals surface area contributed by atoms with Crippen molar-refractivity contribution < 1.29 is 9.59 Å². The lowest BCUT2D eigenvalue weighted by Gasteiger charge is -2.45. The topological polar surface area (TPSA) is 91.6 Å². The molecule has 38 heavy (non-hydrogen) atoms. The van der Waals surface area contributed by atoms with Gasteiger partial charge in [-0.3, -0.25) is 9.59 Å². The van der Waals surface area contributed by atoms with Gasteiger partial charge < -0.3 is 20.9 Å². The average Bonchev–Trinajstić information content (AvgIpc) is 2.93. The van der Waals surface area contributed by atoms with Crippen LogP contribution in [0.1, 0.15) is 87.4 Å². The minimum absolute atomic E-state index is 0.0861. The zero-order chi connectivity index (χ0) is 26.8. The molecule has 1 unspecified atom stereocenters. The molecule has 1 aromatic carbocycles. The number of likely N-dealkylation sites (tertiary alicyclic amines) is 2. The van der Waals surface area contributed by atoms with E-state index in [0.717, 1.165) is 35.9 Å². The highest BCUT2D eigenvalue weighted by molar-refractivity contribution is 6.39. The fourth-order valence-electron chi connectivity index (χ4n) is 7.11. The standard InChI is InChI=1S/C31H43N5O2/c1-4-21-17-26(18-33-29(21)32)34-30(37)31(38)36-19-20(2)7-13-28(36)23-10-8-22(9-11-23)24-12-14-27-25(16-24)6-5-15-35(27)3/h8-11,17-18,20,24-25,27-28H,4-7,12-16,19H2,1-3H3,(H2,32,33)(H,34,37)/t20-,24?,25+,27-,28+/m0/s1. The minimum atomic E-state index is -0.622. The van der Waals surface area contributed by atoms with Gasteiger partial charge in [0.15, 0.2) is 0 Å². The summed E-state index contributed by atoms with van der Waals surface area (Å²) < 4.78 is 0. The van der Waals surface area contributed by atoms with E-state index in [4.69, 9.17) is 5.73 Å². The first-order chi connectivity index (χ1) is 18.3. The maximum absolute atomic E-state index is 13.4. The molecule has 1 saturated carbocycles. The van der Waals surface area contributed by atoms with Gasteiger partial charge in [0.1, 0.15) is 5.82 Å². The second-order valence-electron chi connectivity index (χ2n) is 11.9. The molecule has 5 rings (SSSR count). The van der Waals surface area contributed by atoms with Gasteiger partial charge in [-0.2, -0.15) is 0 Å². The molecule has 204 valence electrons. The third kappa shape index (κ3) is 5.58. The van der Waals surface area contributed by atoms with Gasteiger partial charge in [0.25, 0.3) is 0 Å². The number of nitrogen functional groups attached to an aromatic ring is 1.